The average Bonchev–Trinajstić information content (AvgIpc) is 3.73. The van der Waals surface area contributed by atoms with Crippen LogP contribution in [0.1, 0.15) is 174 Å². The molecule has 0 unspecified atom stereocenters. The van der Waals surface area contributed by atoms with Crippen molar-refractivity contribution in [3.63, 3.8) is 0 Å². The van der Waals surface area contributed by atoms with Crippen LogP contribution in [0, 0.1) is 10.1 Å². The molecule has 1 heterocycles. The third-order valence-corrected chi connectivity index (χ3v) is 10.1. The van der Waals surface area contributed by atoms with E-state index in [-0.39, 0.29) is 42.8 Å². The van der Waals surface area contributed by atoms with Crippen LogP contribution in [0.4, 0.5) is 11.4 Å². The van der Waals surface area contributed by atoms with E-state index in [1.54, 1.807) is 6.07 Å². The Bertz CT molecular complexity index is 1520. The number of allylic oxidation sites excluding steroid dienone is 8. The van der Waals surface area contributed by atoms with Crippen molar-refractivity contribution in [3.05, 3.63) is 70.9 Å². The van der Waals surface area contributed by atoms with Crippen molar-refractivity contribution in [1.82, 2.24) is 10.3 Å². The average molecular weight is 823 g/mol. The molecule has 0 aliphatic heterocycles. The molecule has 59 heavy (non-hydrogen) atoms. The lowest BCUT2D eigenvalue weighted by atomic mass is 10.0. The molecule has 0 radical (unpaired) electrons. The molecule has 1 atom stereocenters. The van der Waals surface area contributed by atoms with Gasteiger partial charge in [0.25, 0.3) is 0 Å². The number of hydrogen-bond donors (Lipinski definition) is 2. The predicted octanol–water partition coefficient (Wildman–Crippen LogP) is 12.4. The fraction of sp³-hybridized carbons (Fsp3) is 0.660. The number of anilines is 1. The lowest BCUT2D eigenvalue weighted by molar-refractivity contribution is -0.383. The van der Waals surface area contributed by atoms with Gasteiger partial charge in [-0.05, 0) is 74.2 Å². The van der Waals surface area contributed by atoms with Crippen LogP contribution in [-0.4, -0.2) is 58.1 Å². The number of benzene rings is 1. The van der Waals surface area contributed by atoms with E-state index in [4.69, 9.17) is 14.1 Å². The first-order chi connectivity index (χ1) is 29.0. The van der Waals surface area contributed by atoms with Gasteiger partial charge < -0.3 is 19.9 Å². The lowest BCUT2D eigenvalue weighted by Gasteiger charge is -2.15. The van der Waals surface area contributed by atoms with Gasteiger partial charge in [0, 0.05) is 25.5 Å². The van der Waals surface area contributed by atoms with Crippen LogP contribution in [0.15, 0.2) is 65.4 Å². The van der Waals surface area contributed by atoms with E-state index in [0.29, 0.717) is 24.0 Å². The molecule has 0 spiro atoms. The van der Waals surface area contributed by atoms with E-state index in [2.05, 4.69) is 71.2 Å². The number of nitro groups is 1. The molecular weight excluding hydrogens is 749 g/mol. The number of nitrogens with zero attached hydrogens (tertiary/aromatic N) is 3. The summed E-state index contributed by atoms with van der Waals surface area (Å²) in [5, 5.41) is 31.5. The van der Waals surface area contributed by atoms with Crippen molar-refractivity contribution in [2.45, 2.75) is 180 Å². The number of fused-ring (bicyclic) bond motifs is 1. The third-order valence-electron chi connectivity index (χ3n) is 10.1. The summed E-state index contributed by atoms with van der Waals surface area (Å²) in [6, 6.07) is 3.09. The molecule has 12 nitrogen and oxygen atoms in total. The molecule has 12 heteroatoms. The highest BCUT2D eigenvalue weighted by Crippen LogP contribution is 2.28. The van der Waals surface area contributed by atoms with Gasteiger partial charge in [0.05, 0.1) is 17.2 Å². The van der Waals surface area contributed by atoms with Gasteiger partial charge in [0.1, 0.15) is 6.61 Å². The highest BCUT2D eigenvalue weighted by atomic mass is 16.6. The number of nitrogens with one attached hydrogen (secondary N) is 1. The van der Waals surface area contributed by atoms with Crippen LogP contribution in [0.25, 0.3) is 11.0 Å². The molecule has 0 aliphatic carbocycles. The summed E-state index contributed by atoms with van der Waals surface area (Å²) in [5.41, 5.74) is 1.16. The van der Waals surface area contributed by atoms with Gasteiger partial charge >= 0.3 is 17.6 Å². The zero-order chi connectivity index (χ0) is 42.4. The molecule has 0 fully saturated rings. The second kappa shape index (κ2) is 35.6. The van der Waals surface area contributed by atoms with Crippen molar-refractivity contribution >= 4 is 34.3 Å². The van der Waals surface area contributed by atoms with E-state index < -0.39 is 11.0 Å². The van der Waals surface area contributed by atoms with Gasteiger partial charge in [-0.15, -0.1) is 0 Å². The lowest BCUT2D eigenvalue weighted by Crippen LogP contribution is -2.28. The number of nitro benzene ring substituents is 1. The molecule has 0 amide bonds. The molecule has 0 saturated heterocycles. The number of esters is 2. The minimum absolute atomic E-state index is 0.106. The van der Waals surface area contributed by atoms with Crippen LogP contribution >= 0.6 is 0 Å². The Morgan fingerprint density at radius 3 is 1.76 bits per heavy atom. The zero-order valence-corrected chi connectivity index (χ0v) is 36.0. The topological polar surface area (TPSA) is 167 Å². The number of aliphatic hydroxyl groups excluding tert-OH is 1. The summed E-state index contributed by atoms with van der Waals surface area (Å²) < 4.78 is 15.3. The predicted molar refractivity (Wildman–Crippen MR) is 237 cm³/mol. The van der Waals surface area contributed by atoms with Crippen molar-refractivity contribution in [2.75, 3.05) is 25.1 Å². The van der Waals surface area contributed by atoms with E-state index in [0.717, 1.165) is 64.3 Å². The molecule has 1 aromatic carbocycles. The van der Waals surface area contributed by atoms with Gasteiger partial charge in [0.15, 0.2) is 11.6 Å². The Labute approximate surface area is 353 Å². The molecule has 330 valence electrons. The standard InChI is InChI=1S/C47H74N4O8/c1-2-3-4-5-6-7-8-9-10-11-13-17-20-23-26-29-32-35-45(54)58-41(39-52)40-57-44(53)34-31-28-25-22-19-16-14-12-15-18-21-24-27-30-33-38-48-42-36-37-43(51(55)56)47-46(42)49-59-50-47/h6-7,9-10,13,17,23,26,36-37,41,48,52H,2-5,8,11-12,14-16,18-22,24-25,27-35,38-40H2,1H3/b7-6-,10-9-,17-13-,26-23-/t41-/m0/s1. The van der Waals surface area contributed by atoms with E-state index >= 15 is 0 Å². The number of unbranched alkanes of at least 4 members (excludes halogenated alkanes) is 18. The third kappa shape index (κ3) is 26.4. The van der Waals surface area contributed by atoms with Crippen molar-refractivity contribution in [3.8, 4) is 0 Å². The maximum absolute atomic E-state index is 12.2. The Morgan fingerprint density at radius 1 is 0.695 bits per heavy atom. The van der Waals surface area contributed by atoms with Crippen molar-refractivity contribution in [2.24, 2.45) is 0 Å². The van der Waals surface area contributed by atoms with E-state index in [1.165, 1.54) is 96.0 Å². The minimum Gasteiger partial charge on any atom is -0.462 e. The maximum Gasteiger partial charge on any atom is 0.306 e. The van der Waals surface area contributed by atoms with Crippen molar-refractivity contribution < 1.29 is 33.7 Å². The minimum atomic E-state index is -0.827. The largest absolute Gasteiger partial charge is 0.462 e. The number of aliphatic hydroxyl groups is 1. The van der Waals surface area contributed by atoms with Crippen LogP contribution in [0.5, 0.6) is 0 Å². The highest BCUT2D eigenvalue weighted by molar-refractivity contribution is 5.93. The van der Waals surface area contributed by atoms with Gasteiger partial charge in [0.2, 0.25) is 5.52 Å². The fourth-order valence-corrected chi connectivity index (χ4v) is 6.61. The van der Waals surface area contributed by atoms with E-state index in [9.17, 15) is 24.8 Å². The van der Waals surface area contributed by atoms with Crippen LogP contribution in [0.2, 0.25) is 0 Å². The molecule has 1 aromatic heterocycles. The second-order valence-corrected chi connectivity index (χ2v) is 15.3. The first kappa shape index (κ1) is 50.8. The number of ether oxygens (including phenoxy) is 2. The first-order valence-electron chi connectivity index (χ1n) is 22.7. The SMILES string of the molecule is CCCCC/C=C\C/C=C\C/C=C\C/C=C\CCCC(=O)O[C@@H](CO)COC(=O)CCCCCCCCCCCCCCCCCNc1ccc([N+](=O)[O-])c2nonc12. The zero-order valence-electron chi connectivity index (χ0n) is 36.0. The molecular formula is C47H74N4O8. The molecule has 0 aliphatic rings. The van der Waals surface area contributed by atoms with Gasteiger partial charge in [-0.25, -0.2) is 4.63 Å². The molecule has 2 rings (SSSR count). The number of carbonyl (C=O) groups is 2. The summed E-state index contributed by atoms with van der Waals surface area (Å²) in [4.78, 5) is 35.0. The molecule has 0 saturated carbocycles. The van der Waals surface area contributed by atoms with Crippen LogP contribution in [-0.2, 0) is 19.1 Å². The molecule has 2 N–H and O–H groups in total. The molecule has 0 bridgehead atoms. The number of non-ortho nitro benzene ring substituents is 1. The van der Waals surface area contributed by atoms with Crippen LogP contribution in [0.3, 0.4) is 0 Å². The number of hydrogen-bond acceptors (Lipinski definition) is 11. The Kier molecular flexibility index (Phi) is 30.7. The van der Waals surface area contributed by atoms with Crippen molar-refractivity contribution in [1.29, 1.82) is 0 Å². The summed E-state index contributed by atoms with van der Waals surface area (Å²) in [6.07, 6.45) is 44.0. The normalized spacial score (nSPS) is 12.4. The Hall–Kier alpha value is -4.32. The Balaban J connectivity index is 1.32. The summed E-state index contributed by atoms with van der Waals surface area (Å²) in [6.45, 7) is 2.51. The second-order valence-electron chi connectivity index (χ2n) is 15.3. The summed E-state index contributed by atoms with van der Waals surface area (Å²) in [7, 11) is 0. The van der Waals surface area contributed by atoms with Crippen LogP contribution < -0.4 is 5.32 Å². The number of carbonyl (C=O) groups excluding carboxylic acids is 2. The maximum atomic E-state index is 12.2. The fourth-order valence-electron chi connectivity index (χ4n) is 6.61. The monoisotopic (exact) mass is 823 g/mol. The summed E-state index contributed by atoms with van der Waals surface area (Å²) in [5.74, 6) is -0.703. The summed E-state index contributed by atoms with van der Waals surface area (Å²) >= 11 is 0. The quantitative estimate of drug-likeness (QED) is 0.0217. The van der Waals surface area contributed by atoms with E-state index in [1.807, 2.05) is 0 Å². The van der Waals surface area contributed by atoms with Gasteiger partial charge in [-0.1, -0.05) is 152 Å². The molecule has 2 aromatic rings. The smallest absolute Gasteiger partial charge is 0.306 e. The van der Waals surface area contributed by atoms with Gasteiger partial charge in [-0.3, -0.25) is 19.7 Å². The highest BCUT2D eigenvalue weighted by Gasteiger charge is 2.19. The Morgan fingerprint density at radius 2 is 1.20 bits per heavy atom. The number of rotatable bonds is 38. The first-order valence-corrected chi connectivity index (χ1v) is 22.7. The number of aromatic nitrogens is 2. The van der Waals surface area contributed by atoms with Gasteiger partial charge in [-0.2, -0.15) is 0 Å².